The Morgan fingerprint density at radius 1 is 0.692 bits per heavy atom. The Labute approximate surface area is 157 Å². The predicted molar refractivity (Wildman–Crippen MR) is 106 cm³/mol. The standard InChI is InChI=1S/C23H30O3/c1-17(2)15-25-22-9-5-19(6-10-22)13-21(24)14-20-7-11-23(12-8-20)26-16-18(3)4/h5-12,17-18H,13-16H2,1-4H3. The van der Waals surface area contributed by atoms with Crippen molar-refractivity contribution >= 4 is 5.78 Å². The first-order valence-electron chi connectivity index (χ1n) is 9.37. The summed E-state index contributed by atoms with van der Waals surface area (Å²) in [5.41, 5.74) is 2.03. The number of hydrogen-bond donors (Lipinski definition) is 0. The van der Waals surface area contributed by atoms with Crippen LogP contribution in [-0.2, 0) is 17.6 Å². The van der Waals surface area contributed by atoms with E-state index < -0.39 is 0 Å². The second-order valence-corrected chi connectivity index (χ2v) is 7.59. The smallest absolute Gasteiger partial charge is 0.141 e. The maximum atomic E-state index is 12.3. The topological polar surface area (TPSA) is 35.5 Å². The highest BCUT2D eigenvalue weighted by atomic mass is 16.5. The van der Waals surface area contributed by atoms with Crippen molar-refractivity contribution in [3.05, 3.63) is 59.7 Å². The van der Waals surface area contributed by atoms with Crippen molar-refractivity contribution in [3.63, 3.8) is 0 Å². The Kier molecular flexibility index (Phi) is 7.71. The van der Waals surface area contributed by atoms with Crippen LogP contribution < -0.4 is 9.47 Å². The largest absolute Gasteiger partial charge is 0.493 e. The first-order chi connectivity index (χ1) is 12.4. The fraction of sp³-hybridized carbons (Fsp3) is 0.435. The van der Waals surface area contributed by atoms with E-state index in [1.54, 1.807) is 0 Å². The van der Waals surface area contributed by atoms with E-state index in [4.69, 9.17) is 9.47 Å². The number of ketones is 1. The van der Waals surface area contributed by atoms with Crippen molar-refractivity contribution in [3.8, 4) is 11.5 Å². The summed E-state index contributed by atoms with van der Waals surface area (Å²) in [6.07, 6.45) is 0.881. The first kappa shape index (κ1) is 20.0. The van der Waals surface area contributed by atoms with E-state index in [2.05, 4.69) is 27.7 Å². The second-order valence-electron chi connectivity index (χ2n) is 7.59. The van der Waals surface area contributed by atoms with E-state index >= 15 is 0 Å². The van der Waals surface area contributed by atoms with E-state index in [1.807, 2.05) is 48.5 Å². The van der Waals surface area contributed by atoms with Gasteiger partial charge in [-0.15, -0.1) is 0 Å². The van der Waals surface area contributed by atoms with Crippen LogP contribution in [0.5, 0.6) is 11.5 Å². The van der Waals surface area contributed by atoms with Gasteiger partial charge in [-0.2, -0.15) is 0 Å². The predicted octanol–water partition coefficient (Wildman–Crippen LogP) is 5.11. The average molecular weight is 354 g/mol. The van der Waals surface area contributed by atoms with E-state index in [0.717, 1.165) is 22.6 Å². The van der Waals surface area contributed by atoms with Crippen LogP contribution in [0.15, 0.2) is 48.5 Å². The average Bonchev–Trinajstić information content (AvgIpc) is 2.60. The number of benzene rings is 2. The molecule has 26 heavy (non-hydrogen) atoms. The third-order valence-corrected chi connectivity index (χ3v) is 3.82. The van der Waals surface area contributed by atoms with Gasteiger partial charge in [-0.1, -0.05) is 52.0 Å². The maximum absolute atomic E-state index is 12.3. The molecule has 0 heterocycles. The Morgan fingerprint density at radius 2 is 1.04 bits per heavy atom. The zero-order valence-corrected chi connectivity index (χ0v) is 16.3. The molecule has 3 nitrogen and oxygen atoms in total. The molecule has 0 aliphatic heterocycles. The van der Waals surface area contributed by atoms with Crippen LogP contribution >= 0.6 is 0 Å². The van der Waals surface area contributed by atoms with Crippen LogP contribution in [0.2, 0.25) is 0 Å². The van der Waals surface area contributed by atoms with Crippen LogP contribution in [0.25, 0.3) is 0 Å². The second kappa shape index (κ2) is 10.0. The molecule has 0 saturated heterocycles. The van der Waals surface area contributed by atoms with E-state index in [1.165, 1.54) is 0 Å². The van der Waals surface area contributed by atoms with Gasteiger partial charge in [-0.05, 0) is 47.2 Å². The first-order valence-corrected chi connectivity index (χ1v) is 9.37. The lowest BCUT2D eigenvalue weighted by molar-refractivity contribution is -0.117. The van der Waals surface area contributed by atoms with Crippen LogP contribution in [0.4, 0.5) is 0 Å². The van der Waals surface area contributed by atoms with Gasteiger partial charge in [-0.3, -0.25) is 4.79 Å². The molecule has 0 N–H and O–H groups in total. The lowest BCUT2D eigenvalue weighted by atomic mass is 10.0. The molecule has 2 rings (SSSR count). The Balaban J connectivity index is 1.82. The van der Waals surface area contributed by atoms with Gasteiger partial charge in [0.15, 0.2) is 0 Å². The fourth-order valence-electron chi connectivity index (χ4n) is 2.45. The Bertz CT molecular complexity index is 610. The Hall–Kier alpha value is -2.29. The normalized spacial score (nSPS) is 11.0. The molecule has 0 bridgehead atoms. The van der Waals surface area contributed by atoms with Crippen LogP contribution in [0, 0.1) is 11.8 Å². The molecular formula is C23H30O3. The van der Waals surface area contributed by atoms with Gasteiger partial charge in [0.25, 0.3) is 0 Å². The van der Waals surface area contributed by atoms with E-state index in [-0.39, 0.29) is 5.78 Å². The van der Waals surface area contributed by atoms with Crippen molar-refractivity contribution in [2.45, 2.75) is 40.5 Å². The Morgan fingerprint density at radius 3 is 1.35 bits per heavy atom. The third-order valence-electron chi connectivity index (χ3n) is 3.82. The number of Topliss-reactive ketones (excluding diaryl/α,β-unsaturated/α-hetero) is 1. The molecule has 0 aromatic heterocycles. The van der Waals surface area contributed by atoms with Crippen LogP contribution in [0.1, 0.15) is 38.8 Å². The molecule has 0 radical (unpaired) electrons. The number of ether oxygens (including phenoxy) is 2. The minimum absolute atomic E-state index is 0.205. The zero-order valence-electron chi connectivity index (χ0n) is 16.3. The van der Waals surface area contributed by atoms with Gasteiger partial charge in [0.05, 0.1) is 13.2 Å². The molecule has 2 aromatic rings. The summed E-state index contributed by atoms with van der Waals surface area (Å²) >= 11 is 0. The van der Waals surface area contributed by atoms with Crippen LogP contribution in [0.3, 0.4) is 0 Å². The lowest BCUT2D eigenvalue weighted by Crippen LogP contribution is -2.07. The van der Waals surface area contributed by atoms with Crippen molar-refractivity contribution in [2.24, 2.45) is 11.8 Å². The molecule has 140 valence electrons. The van der Waals surface area contributed by atoms with Crippen molar-refractivity contribution in [1.29, 1.82) is 0 Å². The summed E-state index contributed by atoms with van der Waals surface area (Å²) in [6.45, 7) is 9.89. The van der Waals surface area contributed by atoms with Gasteiger partial charge in [0.1, 0.15) is 17.3 Å². The summed E-state index contributed by atoms with van der Waals surface area (Å²) in [5, 5.41) is 0. The van der Waals surface area contributed by atoms with Crippen molar-refractivity contribution in [2.75, 3.05) is 13.2 Å². The molecule has 3 heteroatoms. The summed E-state index contributed by atoms with van der Waals surface area (Å²) in [6, 6.07) is 15.6. The van der Waals surface area contributed by atoms with E-state index in [0.29, 0.717) is 37.9 Å². The maximum Gasteiger partial charge on any atom is 0.141 e. The van der Waals surface area contributed by atoms with Gasteiger partial charge in [-0.25, -0.2) is 0 Å². The minimum atomic E-state index is 0.205. The van der Waals surface area contributed by atoms with Gasteiger partial charge in [0, 0.05) is 12.8 Å². The lowest BCUT2D eigenvalue weighted by Gasteiger charge is -2.10. The molecule has 0 unspecified atom stereocenters. The van der Waals surface area contributed by atoms with Crippen molar-refractivity contribution in [1.82, 2.24) is 0 Å². The van der Waals surface area contributed by atoms with Crippen LogP contribution in [-0.4, -0.2) is 19.0 Å². The number of hydrogen-bond acceptors (Lipinski definition) is 3. The molecule has 0 aliphatic carbocycles. The molecule has 0 aliphatic rings. The quantitative estimate of drug-likeness (QED) is 0.595. The van der Waals surface area contributed by atoms with Crippen molar-refractivity contribution < 1.29 is 14.3 Å². The fourth-order valence-corrected chi connectivity index (χ4v) is 2.45. The van der Waals surface area contributed by atoms with E-state index in [9.17, 15) is 4.79 Å². The molecule has 2 aromatic carbocycles. The number of carbonyl (C=O) groups excluding carboxylic acids is 1. The monoisotopic (exact) mass is 354 g/mol. The summed E-state index contributed by atoms with van der Waals surface area (Å²) < 4.78 is 11.3. The molecule has 0 spiro atoms. The molecule has 0 amide bonds. The summed E-state index contributed by atoms with van der Waals surface area (Å²) in [4.78, 5) is 12.3. The van der Waals surface area contributed by atoms with Gasteiger partial charge < -0.3 is 9.47 Å². The highest BCUT2D eigenvalue weighted by molar-refractivity contribution is 5.83. The summed E-state index contributed by atoms with van der Waals surface area (Å²) in [7, 11) is 0. The SMILES string of the molecule is CC(C)COc1ccc(CC(=O)Cc2ccc(OCC(C)C)cc2)cc1. The minimum Gasteiger partial charge on any atom is -0.493 e. The van der Waals surface area contributed by atoms with Gasteiger partial charge >= 0.3 is 0 Å². The molecule has 0 atom stereocenters. The molecule has 0 fully saturated rings. The molecular weight excluding hydrogens is 324 g/mol. The van der Waals surface area contributed by atoms with Gasteiger partial charge in [0.2, 0.25) is 0 Å². The number of carbonyl (C=O) groups is 1. The molecule has 0 saturated carbocycles. The highest BCUT2D eigenvalue weighted by Gasteiger charge is 2.07. The third kappa shape index (κ3) is 7.30. The number of rotatable bonds is 10. The highest BCUT2D eigenvalue weighted by Crippen LogP contribution is 2.16. The zero-order chi connectivity index (χ0) is 18.9. The summed E-state index contributed by atoms with van der Waals surface area (Å²) in [5.74, 6) is 2.91.